The van der Waals surface area contributed by atoms with E-state index in [0.717, 1.165) is 31.6 Å². The van der Waals surface area contributed by atoms with Crippen LogP contribution >= 0.6 is 0 Å². The number of anilines is 2. The molecule has 1 aliphatic heterocycles. The van der Waals surface area contributed by atoms with Crippen molar-refractivity contribution in [3.8, 4) is 0 Å². The van der Waals surface area contributed by atoms with Crippen LogP contribution in [0.2, 0.25) is 0 Å². The number of hydrogen-bond acceptors (Lipinski definition) is 5. The van der Waals surface area contributed by atoms with Gasteiger partial charge in [0.2, 0.25) is 0 Å². The maximum atomic E-state index is 11.9. The fourth-order valence-corrected chi connectivity index (χ4v) is 2.49. The molecule has 0 radical (unpaired) electrons. The van der Waals surface area contributed by atoms with Crippen LogP contribution in [-0.2, 0) is 9.47 Å². The van der Waals surface area contributed by atoms with Gasteiger partial charge in [0.05, 0.1) is 18.3 Å². The molecule has 1 atom stereocenters. The van der Waals surface area contributed by atoms with Crippen LogP contribution in [0.25, 0.3) is 0 Å². The van der Waals surface area contributed by atoms with Crippen molar-refractivity contribution in [2.24, 2.45) is 0 Å². The summed E-state index contributed by atoms with van der Waals surface area (Å²) < 4.78 is 10.5. The van der Waals surface area contributed by atoms with Gasteiger partial charge in [-0.15, -0.1) is 0 Å². The average molecular weight is 278 g/mol. The van der Waals surface area contributed by atoms with Crippen molar-refractivity contribution in [2.75, 3.05) is 37.4 Å². The second-order valence-electron chi connectivity index (χ2n) is 4.94. The predicted molar refractivity (Wildman–Crippen MR) is 79.1 cm³/mol. The molecule has 1 heterocycles. The number of methoxy groups -OCH3 is 1. The molecule has 0 saturated carbocycles. The van der Waals surface area contributed by atoms with Crippen molar-refractivity contribution in [3.05, 3.63) is 23.8 Å². The Bertz CT molecular complexity index is 476. The molecule has 1 aromatic carbocycles. The van der Waals surface area contributed by atoms with Gasteiger partial charge in [0.25, 0.3) is 0 Å². The molecule has 1 unspecified atom stereocenters. The van der Waals surface area contributed by atoms with Crippen LogP contribution in [0, 0.1) is 0 Å². The Morgan fingerprint density at radius 2 is 2.30 bits per heavy atom. The van der Waals surface area contributed by atoms with Crippen LogP contribution in [-0.4, -0.2) is 38.9 Å². The maximum absolute atomic E-state index is 11.9. The summed E-state index contributed by atoms with van der Waals surface area (Å²) in [5.41, 5.74) is 7.73. The number of piperidine rings is 1. The molecule has 0 spiro atoms. The van der Waals surface area contributed by atoms with Crippen LogP contribution in [0.4, 0.5) is 11.4 Å². The van der Waals surface area contributed by atoms with Gasteiger partial charge in [-0.05, 0) is 38.0 Å². The Labute approximate surface area is 119 Å². The third kappa shape index (κ3) is 3.22. The van der Waals surface area contributed by atoms with Gasteiger partial charge in [-0.25, -0.2) is 4.79 Å². The fraction of sp³-hybridized carbons (Fsp3) is 0.533. The highest BCUT2D eigenvalue weighted by Gasteiger charge is 2.21. The molecule has 5 nitrogen and oxygen atoms in total. The molecule has 0 bridgehead atoms. The van der Waals surface area contributed by atoms with Crippen LogP contribution < -0.4 is 10.6 Å². The Morgan fingerprint density at radius 1 is 1.50 bits per heavy atom. The lowest BCUT2D eigenvalue weighted by atomic mass is 10.1. The van der Waals surface area contributed by atoms with E-state index in [4.69, 9.17) is 15.2 Å². The summed E-state index contributed by atoms with van der Waals surface area (Å²) in [6.45, 7) is 3.93. The summed E-state index contributed by atoms with van der Waals surface area (Å²) >= 11 is 0. The first kappa shape index (κ1) is 14.7. The number of carbonyl (C=O) groups is 1. The first-order valence-electron chi connectivity index (χ1n) is 7.00. The van der Waals surface area contributed by atoms with Crippen molar-refractivity contribution < 1.29 is 14.3 Å². The number of esters is 1. The molecule has 1 fully saturated rings. The zero-order valence-corrected chi connectivity index (χ0v) is 12.1. The molecule has 1 aliphatic rings. The monoisotopic (exact) mass is 278 g/mol. The maximum Gasteiger partial charge on any atom is 0.340 e. The van der Waals surface area contributed by atoms with E-state index >= 15 is 0 Å². The molecule has 2 N–H and O–H groups in total. The Balaban J connectivity index is 2.20. The van der Waals surface area contributed by atoms with E-state index in [2.05, 4.69) is 4.90 Å². The van der Waals surface area contributed by atoms with Crippen molar-refractivity contribution >= 4 is 17.3 Å². The molecule has 0 amide bonds. The molecule has 2 rings (SSSR count). The Morgan fingerprint density at radius 3 is 3.00 bits per heavy atom. The smallest absolute Gasteiger partial charge is 0.340 e. The molecule has 0 aromatic heterocycles. The molecular weight excluding hydrogens is 256 g/mol. The summed E-state index contributed by atoms with van der Waals surface area (Å²) in [7, 11) is 1.74. The van der Waals surface area contributed by atoms with Gasteiger partial charge in [0.1, 0.15) is 0 Å². The number of nitrogens with two attached hydrogens (primary N) is 1. The second kappa shape index (κ2) is 6.61. The summed E-state index contributed by atoms with van der Waals surface area (Å²) in [6.07, 6.45) is 2.40. The number of ether oxygens (including phenoxy) is 2. The largest absolute Gasteiger partial charge is 0.462 e. The minimum Gasteiger partial charge on any atom is -0.462 e. The van der Waals surface area contributed by atoms with E-state index in [1.54, 1.807) is 20.1 Å². The summed E-state index contributed by atoms with van der Waals surface area (Å²) in [4.78, 5) is 14.1. The van der Waals surface area contributed by atoms with Gasteiger partial charge < -0.3 is 20.1 Å². The number of carbonyl (C=O) groups excluding carboxylic acids is 1. The van der Waals surface area contributed by atoms with Crippen LogP contribution in [0.3, 0.4) is 0 Å². The van der Waals surface area contributed by atoms with Gasteiger partial charge in [-0.1, -0.05) is 0 Å². The topological polar surface area (TPSA) is 64.8 Å². The Hall–Kier alpha value is -1.75. The third-order valence-electron chi connectivity index (χ3n) is 3.61. The number of nitrogens with zero attached hydrogens (tertiary/aromatic N) is 1. The fourth-order valence-electron chi connectivity index (χ4n) is 2.49. The normalized spacial score (nSPS) is 18.9. The first-order chi connectivity index (χ1) is 9.65. The van der Waals surface area contributed by atoms with E-state index in [-0.39, 0.29) is 12.1 Å². The molecule has 110 valence electrons. The summed E-state index contributed by atoms with van der Waals surface area (Å²) in [6, 6.07) is 5.51. The second-order valence-corrected chi connectivity index (χ2v) is 4.94. The van der Waals surface area contributed by atoms with Crippen LogP contribution in [0.15, 0.2) is 18.2 Å². The molecule has 20 heavy (non-hydrogen) atoms. The van der Waals surface area contributed by atoms with Crippen LogP contribution in [0.1, 0.15) is 30.1 Å². The lowest BCUT2D eigenvalue weighted by molar-refractivity contribution is 0.0527. The standard InChI is InChI=1S/C15H22N2O3/c1-3-20-15(18)13-9-11(6-7-14(13)16)17-8-4-5-12(10-17)19-2/h6-7,9,12H,3-5,8,10,16H2,1-2H3. The lowest BCUT2D eigenvalue weighted by Gasteiger charge is -2.33. The highest BCUT2D eigenvalue weighted by atomic mass is 16.5. The predicted octanol–water partition coefficient (Wildman–Crippen LogP) is 2.06. The minimum atomic E-state index is -0.368. The van der Waals surface area contributed by atoms with Crippen molar-refractivity contribution in [1.82, 2.24) is 0 Å². The molecule has 5 heteroatoms. The number of benzene rings is 1. The highest BCUT2D eigenvalue weighted by Crippen LogP contribution is 2.25. The first-order valence-corrected chi connectivity index (χ1v) is 7.00. The SMILES string of the molecule is CCOC(=O)c1cc(N2CCCC(OC)C2)ccc1N. The minimum absolute atomic E-state index is 0.243. The van der Waals surface area contributed by atoms with Gasteiger partial charge in [0, 0.05) is 31.6 Å². The molecule has 1 aromatic rings. The van der Waals surface area contributed by atoms with E-state index in [1.807, 2.05) is 12.1 Å². The van der Waals surface area contributed by atoms with Crippen molar-refractivity contribution in [1.29, 1.82) is 0 Å². The summed E-state index contributed by atoms with van der Waals surface area (Å²) in [5.74, 6) is -0.368. The molecule has 0 aliphatic carbocycles. The van der Waals surface area contributed by atoms with Gasteiger partial charge in [-0.3, -0.25) is 0 Å². The van der Waals surface area contributed by atoms with Crippen molar-refractivity contribution in [2.45, 2.75) is 25.9 Å². The van der Waals surface area contributed by atoms with Gasteiger partial charge >= 0.3 is 5.97 Å². The highest BCUT2D eigenvalue weighted by molar-refractivity contribution is 5.96. The number of hydrogen-bond donors (Lipinski definition) is 1. The Kier molecular flexibility index (Phi) is 4.84. The number of nitrogen functional groups attached to an aromatic ring is 1. The zero-order chi connectivity index (χ0) is 14.5. The van der Waals surface area contributed by atoms with Gasteiger partial charge in [0.15, 0.2) is 0 Å². The zero-order valence-electron chi connectivity index (χ0n) is 12.1. The van der Waals surface area contributed by atoms with Gasteiger partial charge in [-0.2, -0.15) is 0 Å². The van der Waals surface area contributed by atoms with E-state index in [9.17, 15) is 4.79 Å². The van der Waals surface area contributed by atoms with E-state index in [0.29, 0.717) is 17.9 Å². The average Bonchev–Trinajstić information content (AvgIpc) is 2.48. The van der Waals surface area contributed by atoms with Crippen molar-refractivity contribution in [3.63, 3.8) is 0 Å². The summed E-state index contributed by atoms with van der Waals surface area (Å²) in [5, 5.41) is 0. The molecule has 1 saturated heterocycles. The van der Waals surface area contributed by atoms with E-state index < -0.39 is 0 Å². The third-order valence-corrected chi connectivity index (χ3v) is 3.61. The quantitative estimate of drug-likeness (QED) is 0.674. The number of rotatable bonds is 4. The lowest BCUT2D eigenvalue weighted by Crippen LogP contribution is -2.39. The van der Waals surface area contributed by atoms with E-state index in [1.165, 1.54) is 0 Å². The molecular formula is C15H22N2O3. The van der Waals surface area contributed by atoms with Crippen LogP contribution in [0.5, 0.6) is 0 Å².